The van der Waals surface area contributed by atoms with Crippen LogP contribution in [0.2, 0.25) is 5.02 Å². The van der Waals surface area contributed by atoms with Gasteiger partial charge in [-0.25, -0.2) is 0 Å². The van der Waals surface area contributed by atoms with E-state index in [1.165, 1.54) is 0 Å². The molecule has 0 unspecified atom stereocenters. The van der Waals surface area contributed by atoms with Gasteiger partial charge in [0.25, 0.3) is 5.56 Å². The lowest BCUT2D eigenvalue weighted by Crippen LogP contribution is -2.21. The smallest absolute Gasteiger partial charge is 0.264 e. The Labute approximate surface area is 181 Å². The molecule has 0 spiro atoms. The minimum absolute atomic E-state index is 0.114. The van der Waals surface area contributed by atoms with Crippen LogP contribution in [-0.2, 0) is 11.3 Å². The largest absolute Gasteiger partial charge is 0.360 e. The van der Waals surface area contributed by atoms with E-state index in [0.29, 0.717) is 34.7 Å². The first-order valence-electron chi connectivity index (χ1n) is 10.0. The van der Waals surface area contributed by atoms with Crippen molar-refractivity contribution in [3.8, 4) is 0 Å². The van der Waals surface area contributed by atoms with E-state index >= 15 is 0 Å². The topological polar surface area (TPSA) is 65.1 Å². The quantitative estimate of drug-likeness (QED) is 0.393. The molecular formula is C24H27ClN2O3. The van der Waals surface area contributed by atoms with Gasteiger partial charge in [-0.3, -0.25) is 4.79 Å². The van der Waals surface area contributed by atoms with Gasteiger partial charge in [0, 0.05) is 11.8 Å². The standard InChI is InChI=1S/C18H13ClN2O2.C4H8O.C2H6/c1-11-15-17(20-23-11)16-13(19)8-5-9-14(16)21(18(15)22)10-12-6-3-2-4-7-12;1-3-4(2)5;1-2/h2-9H,10H2,1H3;3H2,1-2H3;1-2H3. The molecule has 6 heteroatoms. The summed E-state index contributed by atoms with van der Waals surface area (Å²) < 4.78 is 6.97. The van der Waals surface area contributed by atoms with Crippen LogP contribution in [0.5, 0.6) is 0 Å². The van der Waals surface area contributed by atoms with E-state index in [-0.39, 0.29) is 11.3 Å². The summed E-state index contributed by atoms with van der Waals surface area (Å²) in [5, 5.41) is 5.84. The summed E-state index contributed by atoms with van der Waals surface area (Å²) in [7, 11) is 0. The summed E-state index contributed by atoms with van der Waals surface area (Å²) in [6, 6.07) is 15.4. The van der Waals surface area contributed by atoms with Gasteiger partial charge in [0.2, 0.25) is 0 Å². The molecule has 0 aliphatic heterocycles. The van der Waals surface area contributed by atoms with Crippen molar-refractivity contribution in [2.45, 2.75) is 47.6 Å². The highest BCUT2D eigenvalue weighted by molar-refractivity contribution is 6.37. The molecule has 0 N–H and O–H groups in total. The van der Waals surface area contributed by atoms with E-state index in [2.05, 4.69) is 5.16 Å². The molecule has 0 atom stereocenters. The van der Waals surface area contributed by atoms with Crippen molar-refractivity contribution in [1.29, 1.82) is 0 Å². The van der Waals surface area contributed by atoms with Crippen LogP contribution in [0.25, 0.3) is 21.8 Å². The first kappa shape index (κ1) is 23.4. The van der Waals surface area contributed by atoms with Crippen LogP contribution in [0.3, 0.4) is 0 Å². The highest BCUT2D eigenvalue weighted by atomic mass is 35.5. The Bertz CT molecular complexity index is 1190. The Morgan fingerprint density at radius 1 is 1.07 bits per heavy atom. The third-order valence-corrected chi connectivity index (χ3v) is 4.84. The molecule has 2 aromatic carbocycles. The molecule has 0 radical (unpaired) electrons. The van der Waals surface area contributed by atoms with Crippen molar-refractivity contribution in [3.63, 3.8) is 0 Å². The van der Waals surface area contributed by atoms with Crippen molar-refractivity contribution in [1.82, 2.24) is 9.72 Å². The van der Waals surface area contributed by atoms with Gasteiger partial charge in [-0.15, -0.1) is 0 Å². The summed E-state index contributed by atoms with van der Waals surface area (Å²) in [6.07, 6.45) is 0.667. The van der Waals surface area contributed by atoms with E-state index in [9.17, 15) is 9.59 Å². The molecule has 0 aliphatic carbocycles. The number of hydrogen-bond donors (Lipinski definition) is 0. The monoisotopic (exact) mass is 426 g/mol. The number of benzene rings is 2. The van der Waals surface area contributed by atoms with Gasteiger partial charge in [0.15, 0.2) is 0 Å². The highest BCUT2D eigenvalue weighted by Gasteiger charge is 2.18. The van der Waals surface area contributed by atoms with Crippen LogP contribution in [0, 0.1) is 6.92 Å². The van der Waals surface area contributed by atoms with Gasteiger partial charge in [-0.1, -0.05) is 73.9 Å². The lowest BCUT2D eigenvalue weighted by atomic mass is 10.1. The fraction of sp³-hybridized carbons (Fsp3) is 0.292. The number of aromatic nitrogens is 2. The molecule has 0 aliphatic rings. The molecule has 2 heterocycles. The zero-order chi connectivity index (χ0) is 22.3. The first-order valence-corrected chi connectivity index (χ1v) is 10.4. The Morgan fingerprint density at radius 3 is 2.30 bits per heavy atom. The van der Waals surface area contributed by atoms with E-state index in [1.807, 2.05) is 63.2 Å². The Balaban J connectivity index is 0.000000404. The lowest BCUT2D eigenvalue weighted by molar-refractivity contribution is -0.116. The van der Waals surface area contributed by atoms with Gasteiger partial charge in [0.05, 0.1) is 17.1 Å². The van der Waals surface area contributed by atoms with E-state index < -0.39 is 0 Å². The number of aryl methyl sites for hydroxylation is 1. The third-order valence-electron chi connectivity index (χ3n) is 4.52. The van der Waals surface area contributed by atoms with E-state index in [1.54, 1.807) is 24.5 Å². The molecule has 158 valence electrons. The van der Waals surface area contributed by atoms with E-state index in [0.717, 1.165) is 16.5 Å². The van der Waals surface area contributed by atoms with Crippen molar-refractivity contribution < 1.29 is 9.32 Å². The third kappa shape index (κ3) is 4.97. The molecule has 4 rings (SSSR count). The fourth-order valence-corrected chi connectivity index (χ4v) is 3.19. The Kier molecular flexibility index (Phi) is 8.36. The molecule has 4 aromatic rings. The van der Waals surface area contributed by atoms with E-state index in [4.69, 9.17) is 16.1 Å². The highest BCUT2D eigenvalue weighted by Crippen LogP contribution is 2.30. The van der Waals surface area contributed by atoms with Crippen LogP contribution in [0.15, 0.2) is 57.8 Å². The number of hydrogen-bond acceptors (Lipinski definition) is 4. The summed E-state index contributed by atoms with van der Waals surface area (Å²) in [5.41, 5.74) is 2.21. The molecule has 0 fully saturated rings. The van der Waals surface area contributed by atoms with Crippen molar-refractivity contribution in [2.75, 3.05) is 0 Å². The summed E-state index contributed by atoms with van der Waals surface area (Å²) in [4.78, 5) is 22.8. The second-order valence-corrected chi connectivity index (χ2v) is 6.94. The van der Waals surface area contributed by atoms with Gasteiger partial charge < -0.3 is 13.9 Å². The number of halogens is 1. The van der Waals surface area contributed by atoms with Gasteiger partial charge in [-0.05, 0) is 31.5 Å². The SMILES string of the molecule is CC.CCC(C)=O.Cc1onc2c1c(=O)n(Cc1ccccc1)c1cccc(Cl)c21. The fourth-order valence-electron chi connectivity index (χ4n) is 2.93. The molecule has 0 amide bonds. The van der Waals surface area contributed by atoms with Gasteiger partial charge in [-0.2, -0.15) is 0 Å². The normalized spacial score (nSPS) is 10.2. The van der Waals surface area contributed by atoms with Crippen LogP contribution in [0.1, 0.15) is 45.4 Å². The molecular weight excluding hydrogens is 400 g/mol. The second kappa shape index (κ2) is 10.7. The number of rotatable bonds is 3. The van der Waals surface area contributed by atoms with Crippen molar-refractivity contribution in [2.24, 2.45) is 0 Å². The number of ketones is 1. The summed E-state index contributed by atoms with van der Waals surface area (Å²) >= 11 is 6.38. The zero-order valence-corrected chi connectivity index (χ0v) is 18.8. The minimum Gasteiger partial charge on any atom is -0.360 e. The maximum atomic E-state index is 13.0. The Morgan fingerprint density at radius 2 is 1.70 bits per heavy atom. The number of Topliss-reactive ketones (excluding diaryl/α,β-unsaturated/α-hetero) is 1. The van der Waals surface area contributed by atoms with Gasteiger partial charge >= 0.3 is 0 Å². The molecule has 2 aromatic heterocycles. The van der Waals surface area contributed by atoms with Crippen molar-refractivity contribution >= 4 is 39.2 Å². The molecule has 0 bridgehead atoms. The molecule has 5 nitrogen and oxygen atoms in total. The predicted octanol–water partition coefficient (Wildman–Crippen LogP) is 6.16. The number of carbonyl (C=O) groups excluding carboxylic acids is 1. The number of nitrogens with zero attached hydrogens (tertiary/aromatic N) is 2. The van der Waals surface area contributed by atoms with Crippen LogP contribution in [-0.4, -0.2) is 15.5 Å². The van der Waals surface area contributed by atoms with Crippen molar-refractivity contribution in [3.05, 3.63) is 75.2 Å². The maximum absolute atomic E-state index is 13.0. The summed E-state index contributed by atoms with van der Waals surface area (Å²) in [6.45, 7) is 9.64. The first-order chi connectivity index (χ1) is 14.4. The van der Waals surface area contributed by atoms with Crippen LogP contribution < -0.4 is 5.56 Å². The Hall–Kier alpha value is -2.92. The number of pyridine rings is 1. The minimum atomic E-state index is -0.114. The number of carbonyl (C=O) groups is 1. The van der Waals surface area contributed by atoms with Gasteiger partial charge in [0.1, 0.15) is 22.4 Å². The second-order valence-electron chi connectivity index (χ2n) is 6.53. The predicted molar refractivity (Wildman–Crippen MR) is 123 cm³/mol. The molecule has 0 saturated heterocycles. The lowest BCUT2D eigenvalue weighted by Gasteiger charge is -2.12. The maximum Gasteiger partial charge on any atom is 0.264 e. The zero-order valence-electron chi connectivity index (χ0n) is 18.0. The number of fused-ring (bicyclic) bond motifs is 3. The summed E-state index contributed by atoms with van der Waals surface area (Å²) in [5.74, 6) is 0.763. The average Bonchev–Trinajstić information content (AvgIpc) is 3.15. The molecule has 30 heavy (non-hydrogen) atoms. The molecule has 0 saturated carbocycles. The van der Waals surface area contributed by atoms with Crippen LogP contribution >= 0.6 is 11.6 Å². The van der Waals surface area contributed by atoms with Crippen LogP contribution in [0.4, 0.5) is 0 Å². The average molecular weight is 427 g/mol.